The van der Waals surface area contributed by atoms with Crippen molar-refractivity contribution in [3.8, 4) is 5.75 Å². The number of methoxy groups -OCH3 is 1. The van der Waals surface area contributed by atoms with Gasteiger partial charge in [-0.3, -0.25) is 9.69 Å². The Morgan fingerprint density at radius 3 is 2.38 bits per heavy atom. The first-order chi connectivity index (χ1) is 15.3. The van der Waals surface area contributed by atoms with E-state index >= 15 is 0 Å². The highest BCUT2D eigenvalue weighted by atomic mass is 32.2. The van der Waals surface area contributed by atoms with Crippen molar-refractivity contribution in [3.05, 3.63) is 54.1 Å². The first-order valence-corrected chi connectivity index (χ1v) is 12.2. The number of nitrogens with one attached hydrogen (secondary N) is 1. The van der Waals surface area contributed by atoms with Gasteiger partial charge in [0, 0.05) is 58.1 Å². The quantitative estimate of drug-likeness (QED) is 0.576. The van der Waals surface area contributed by atoms with Crippen molar-refractivity contribution in [2.75, 3.05) is 65.4 Å². The van der Waals surface area contributed by atoms with Gasteiger partial charge in [-0.1, -0.05) is 18.2 Å². The van der Waals surface area contributed by atoms with Gasteiger partial charge in [-0.15, -0.1) is 0 Å². The highest BCUT2D eigenvalue weighted by molar-refractivity contribution is 7.89. The number of anilines is 1. The van der Waals surface area contributed by atoms with Crippen LogP contribution in [0.25, 0.3) is 0 Å². The van der Waals surface area contributed by atoms with E-state index in [0.29, 0.717) is 12.1 Å². The molecule has 0 unspecified atom stereocenters. The average Bonchev–Trinajstić information content (AvgIpc) is 2.82. The minimum atomic E-state index is -3.72. The second kappa shape index (κ2) is 10.8. The number of rotatable bonds is 9. The first-order valence-electron chi connectivity index (χ1n) is 10.7. The molecule has 0 bridgehead atoms. The first kappa shape index (κ1) is 24.0. The van der Waals surface area contributed by atoms with Gasteiger partial charge in [0.2, 0.25) is 10.0 Å². The van der Waals surface area contributed by atoms with Crippen LogP contribution in [0.3, 0.4) is 0 Å². The zero-order chi connectivity index (χ0) is 23.1. The van der Waals surface area contributed by atoms with Gasteiger partial charge in [-0.25, -0.2) is 12.7 Å². The van der Waals surface area contributed by atoms with Gasteiger partial charge < -0.3 is 15.0 Å². The molecule has 1 heterocycles. The molecular weight excluding hydrogens is 428 g/mol. The fourth-order valence-corrected chi connectivity index (χ4v) is 4.77. The number of amides is 1. The molecule has 1 aliphatic heterocycles. The molecule has 3 rings (SSSR count). The van der Waals surface area contributed by atoms with Gasteiger partial charge in [0.15, 0.2) is 0 Å². The Labute approximate surface area is 190 Å². The van der Waals surface area contributed by atoms with Crippen LogP contribution in [0, 0.1) is 0 Å². The molecule has 174 valence electrons. The summed E-state index contributed by atoms with van der Waals surface area (Å²) in [6.07, 6.45) is 0.829. The summed E-state index contributed by atoms with van der Waals surface area (Å²) in [7, 11) is 0.575. The lowest BCUT2D eigenvalue weighted by molar-refractivity contribution is 0.0951. The summed E-state index contributed by atoms with van der Waals surface area (Å²) in [5.74, 6) is -0.0818. The number of para-hydroxylation sites is 1. The summed E-state index contributed by atoms with van der Waals surface area (Å²) < 4.78 is 31.4. The Balaban J connectivity index is 1.47. The van der Waals surface area contributed by atoms with Crippen LogP contribution in [0.4, 0.5) is 5.69 Å². The third kappa shape index (κ3) is 5.79. The number of nitrogens with zero attached hydrogens (tertiary/aromatic N) is 3. The molecule has 0 atom stereocenters. The van der Waals surface area contributed by atoms with E-state index < -0.39 is 10.0 Å². The molecule has 1 fully saturated rings. The van der Waals surface area contributed by atoms with Gasteiger partial charge in [0.1, 0.15) is 10.6 Å². The van der Waals surface area contributed by atoms with Crippen LogP contribution in [0.5, 0.6) is 5.75 Å². The lowest BCUT2D eigenvalue weighted by atomic mass is 10.2. The molecule has 0 saturated carbocycles. The highest BCUT2D eigenvalue weighted by Gasteiger charge is 2.24. The Morgan fingerprint density at radius 1 is 1.06 bits per heavy atom. The van der Waals surface area contributed by atoms with Crippen molar-refractivity contribution in [1.29, 1.82) is 0 Å². The highest BCUT2D eigenvalue weighted by Crippen LogP contribution is 2.26. The van der Waals surface area contributed by atoms with Gasteiger partial charge in [0.25, 0.3) is 5.91 Å². The van der Waals surface area contributed by atoms with Crippen molar-refractivity contribution < 1.29 is 17.9 Å². The molecule has 1 N–H and O–H groups in total. The van der Waals surface area contributed by atoms with Crippen molar-refractivity contribution in [3.63, 3.8) is 0 Å². The largest absolute Gasteiger partial charge is 0.495 e. The fraction of sp³-hybridized carbons (Fsp3) is 0.435. The third-order valence-electron chi connectivity index (χ3n) is 5.61. The number of benzene rings is 2. The SMILES string of the molecule is COc1ccc(C(=O)NCCCN2CCN(c3ccccc3)CC2)cc1S(=O)(=O)N(C)C. The Hall–Kier alpha value is -2.62. The molecule has 1 saturated heterocycles. The lowest BCUT2D eigenvalue weighted by Gasteiger charge is -2.36. The summed E-state index contributed by atoms with van der Waals surface area (Å²) in [5, 5.41) is 2.89. The molecule has 2 aromatic rings. The van der Waals surface area contributed by atoms with Crippen molar-refractivity contribution in [2.24, 2.45) is 0 Å². The number of ether oxygens (including phenoxy) is 1. The molecule has 32 heavy (non-hydrogen) atoms. The molecule has 9 heteroatoms. The van der Waals surface area contributed by atoms with E-state index in [1.54, 1.807) is 6.07 Å². The molecule has 0 radical (unpaired) electrons. The Morgan fingerprint density at radius 2 is 1.75 bits per heavy atom. The number of carbonyl (C=O) groups excluding carboxylic acids is 1. The maximum absolute atomic E-state index is 12.6. The van der Waals surface area contributed by atoms with Gasteiger partial charge in [-0.05, 0) is 43.3 Å². The average molecular weight is 461 g/mol. The van der Waals surface area contributed by atoms with E-state index in [1.807, 2.05) is 6.07 Å². The number of hydrogen-bond donors (Lipinski definition) is 1. The maximum atomic E-state index is 12.6. The molecule has 0 aliphatic carbocycles. The Kier molecular flexibility index (Phi) is 8.11. The lowest BCUT2D eigenvalue weighted by Crippen LogP contribution is -2.47. The second-order valence-corrected chi connectivity index (χ2v) is 10.0. The van der Waals surface area contributed by atoms with E-state index in [-0.39, 0.29) is 16.6 Å². The topological polar surface area (TPSA) is 82.2 Å². The van der Waals surface area contributed by atoms with Gasteiger partial charge >= 0.3 is 0 Å². The Bertz CT molecular complexity index is 1000. The van der Waals surface area contributed by atoms with Crippen molar-refractivity contribution in [1.82, 2.24) is 14.5 Å². The summed E-state index contributed by atoms with van der Waals surface area (Å²) >= 11 is 0. The number of piperazine rings is 1. The minimum Gasteiger partial charge on any atom is -0.495 e. The number of hydrogen-bond acceptors (Lipinski definition) is 6. The molecule has 1 amide bonds. The van der Waals surface area contributed by atoms with Gasteiger partial charge in [-0.2, -0.15) is 0 Å². The van der Waals surface area contributed by atoms with Crippen LogP contribution >= 0.6 is 0 Å². The van der Waals surface area contributed by atoms with E-state index in [2.05, 4.69) is 39.4 Å². The molecule has 0 spiro atoms. The van der Waals surface area contributed by atoms with Crippen LogP contribution in [0.1, 0.15) is 16.8 Å². The molecule has 8 nitrogen and oxygen atoms in total. The van der Waals surface area contributed by atoms with Crippen LogP contribution in [-0.2, 0) is 10.0 Å². The van der Waals surface area contributed by atoms with Crippen molar-refractivity contribution >= 4 is 21.6 Å². The predicted molar refractivity (Wildman–Crippen MR) is 126 cm³/mol. The van der Waals surface area contributed by atoms with Crippen LogP contribution in [0.15, 0.2) is 53.4 Å². The third-order valence-corrected chi connectivity index (χ3v) is 7.45. The number of sulfonamides is 1. The molecule has 2 aromatic carbocycles. The normalized spacial score (nSPS) is 15.1. The van der Waals surface area contributed by atoms with E-state index in [9.17, 15) is 13.2 Å². The smallest absolute Gasteiger partial charge is 0.251 e. The maximum Gasteiger partial charge on any atom is 0.251 e. The number of carbonyl (C=O) groups is 1. The minimum absolute atomic E-state index is 0.0195. The standard InChI is InChI=1S/C23H32N4O4S/c1-25(2)32(29,30)22-18-19(10-11-21(22)31-3)23(28)24-12-7-13-26-14-16-27(17-15-26)20-8-5-4-6-9-20/h4-6,8-11,18H,7,12-17H2,1-3H3,(H,24,28). The van der Waals surface area contributed by atoms with Crippen LogP contribution in [0.2, 0.25) is 0 Å². The second-order valence-electron chi connectivity index (χ2n) is 7.93. The molecule has 1 aliphatic rings. The van der Waals surface area contributed by atoms with E-state index in [4.69, 9.17) is 4.74 Å². The summed E-state index contributed by atoms with van der Waals surface area (Å²) in [4.78, 5) is 17.3. The monoisotopic (exact) mass is 460 g/mol. The fourth-order valence-electron chi connectivity index (χ4n) is 3.69. The van der Waals surface area contributed by atoms with Crippen molar-refractivity contribution in [2.45, 2.75) is 11.3 Å². The predicted octanol–water partition coefficient (Wildman–Crippen LogP) is 1.89. The zero-order valence-electron chi connectivity index (χ0n) is 19.0. The molecular formula is C23H32N4O4S. The van der Waals surface area contributed by atoms with E-state index in [1.165, 1.54) is 39.0 Å². The zero-order valence-corrected chi connectivity index (χ0v) is 19.8. The summed E-state index contributed by atoms with van der Waals surface area (Å²) in [5.41, 5.74) is 1.55. The summed E-state index contributed by atoms with van der Waals surface area (Å²) in [6.45, 7) is 5.40. The van der Waals surface area contributed by atoms with Crippen LogP contribution < -0.4 is 15.0 Å². The van der Waals surface area contributed by atoms with E-state index in [0.717, 1.165) is 43.4 Å². The van der Waals surface area contributed by atoms with Crippen LogP contribution in [-0.4, -0.2) is 84.0 Å². The summed E-state index contributed by atoms with van der Waals surface area (Å²) in [6, 6.07) is 14.9. The van der Waals surface area contributed by atoms with Gasteiger partial charge in [0.05, 0.1) is 7.11 Å². The molecule has 0 aromatic heterocycles.